The molecule has 0 aromatic carbocycles. The second-order valence-corrected chi connectivity index (χ2v) is 8.77. The summed E-state index contributed by atoms with van der Waals surface area (Å²) in [6.45, 7) is 2.02. The molecule has 164 valence electrons. The number of amidine groups is 1. The zero-order valence-electron chi connectivity index (χ0n) is 16.2. The minimum absolute atomic E-state index is 0.0875. The summed E-state index contributed by atoms with van der Waals surface area (Å²) in [6.07, 6.45) is 5.17. The number of nitro groups is 1. The van der Waals surface area contributed by atoms with Crippen molar-refractivity contribution < 1.29 is 5.03 Å². The maximum absolute atomic E-state index is 10.1. The highest BCUT2D eigenvalue weighted by atomic mass is 35.5. The van der Waals surface area contributed by atoms with E-state index in [0.717, 1.165) is 34.5 Å². The highest BCUT2D eigenvalue weighted by Gasteiger charge is 2.19. The van der Waals surface area contributed by atoms with E-state index in [9.17, 15) is 10.1 Å². The van der Waals surface area contributed by atoms with Crippen LogP contribution < -0.4 is 10.6 Å². The SMILES string of the molecule is CN/C(=N\[N+](=O)[O-])NCc1cnc(Cl)s1.N#C/N=C1\SCCN1Cc1ccc(Cl)nc1. The predicted molar refractivity (Wildman–Crippen MR) is 123 cm³/mol. The van der Waals surface area contributed by atoms with Crippen LogP contribution in [0, 0.1) is 21.6 Å². The minimum atomic E-state index is -0.779. The Kier molecular flexibility index (Phi) is 10.2. The fourth-order valence-corrected chi connectivity index (χ4v) is 4.21. The van der Waals surface area contributed by atoms with Gasteiger partial charge in [-0.15, -0.1) is 16.3 Å². The molecule has 2 aromatic heterocycles. The molecule has 2 N–H and O–H groups in total. The summed E-state index contributed by atoms with van der Waals surface area (Å²) in [7, 11) is 1.54. The molecule has 0 atom stereocenters. The van der Waals surface area contributed by atoms with Crippen LogP contribution in [0.5, 0.6) is 0 Å². The van der Waals surface area contributed by atoms with Gasteiger partial charge in [-0.3, -0.25) is 0 Å². The summed E-state index contributed by atoms with van der Waals surface area (Å²) >= 11 is 14.2. The smallest absolute Gasteiger partial charge is 0.268 e. The second-order valence-electron chi connectivity index (χ2n) is 5.62. The van der Waals surface area contributed by atoms with Crippen molar-refractivity contribution in [2.75, 3.05) is 19.3 Å². The van der Waals surface area contributed by atoms with Gasteiger partial charge in [0.05, 0.1) is 6.54 Å². The number of pyridine rings is 1. The van der Waals surface area contributed by atoms with Gasteiger partial charge >= 0.3 is 0 Å². The van der Waals surface area contributed by atoms with Crippen LogP contribution in [0.1, 0.15) is 10.4 Å². The Bertz CT molecular complexity index is 976. The molecule has 0 aliphatic carbocycles. The van der Waals surface area contributed by atoms with Gasteiger partial charge < -0.3 is 15.5 Å². The van der Waals surface area contributed by atoms with Crippen molar-refractivity contribution in [3.05, 3.63) is 54.7 Å². The quantitative estimate of drug-likeness (QED) is 0.157. The van der Waals surface area contributed by atoms with E-state index in [1.807, 2.05) is 12.3 Å². The third-order valence-corrected chi connectivity index (χ3v) is 5.88. The summed E-state index contributed by atoms with van der Waals surface area (Å²) in [5.74, 6) is 1.06. The normalized spacial score (nSPS) is 14.6. The van der Waals surface area contributed by atoms with E-state index in [0.29, 0.717) is 16.2 Å². The van der Waals surface area contributed by atoms with Gasteiger partial charge in [-0.25, -0.2) is 20.1 Å². The first-order valence-electron chi connectivity index (χ1n) is 8.61. The third kappa shape index (κ3) is 8.93. The van der Waals surface area contributed by atoms with Gasteiger partial charge in [0.15, 0.2) is 14.7 Å². The number of hydrogen-bond acceptors (Lipinski definition) is 8. The number of nitriles is 1. The number of rotatable bonds is 5. The molecule has 0 saturated carbocycles. The number of nitrogens with zero attached hydrogens (tertiary/aromatic N) is 7. The molecule has 11 nitrogen and oxygen atoms in total. The zero-order valence-corrected chi connectivity index (χ0v) is 19.3. The van der Waals surface area contributed by atoms with Crippen molar-refractivity contribution in [3.63, 3.8) is 0 Å². The van der Waals surface area contributed by atoms with Gasteiger partial charge in [-0.1, -0.05) is 41.0 Å². The van der Waals surface area contributed by atoms with E-state index in [-0.39, 0.29) is 5.96 Å². The summed E-state index contributed by atoms with van der Waals surface area (Å²) in [4.78, 5) is 24.7. The van der Waals surface area contributed by atoms with Crippen LogP contribution in [-0.2, 0) is 13.1 Å². The number of hydrogen-bond donors (Lipinski definition) is 2. The van der Waals surface area contributed by atoms with E-state index in [2.05, 4.69) is 35.6 Å². The van der Waals surface area contributed by atoms with Crippen molar-refractivity contribution in [1.29, 1.82) is 5.26 Å². The Labute approximate surface area is 196 Å². The molecule has 1 aliphatic heterocycles. The van der Waals surface area contributed by atoms with Gasteiger partial charge in [-0.05, 0) is 11.6 Å². The maximum atomic E-state index is 10.1. The topological polar surface area (TPSA) is 145 Å². The lowest BCUT2D eigenvalue weighted by Crippen LogP contribution is -2.34. The summed E-state index contributed by atoms with van der Waals surface area (Å²) in [6, 6.07) is 3.70. The molecule has 2 aromatic rings. The Balaban J connectivity index is 0.000000221. The van der Waals surface area contributed by atoms with Gasteiger partial charge in [0.2, 0.25) is 6.19 Å². The first-order chi connectivity index (χ1) is 14.9. The third-order valence-electron chi connectivity index (χ3n) is 3.54. The molecule has 1 aliphatic rings. The van der Waals surface area contributed by atoms with Crippen molar-refractivity contribution in [1.82, 2.24) is 25.5 Å². The van der Waals surface area contributed by atoms with E-state index in [1.54, 1.807) is 30.2 Å². The molecule has 31 heavy (non-hydrogen) atoms. The van der Waals surface area contributed by atoms with Crippen LogP contribution in [0.15, 0.2) is 34.6 Å². The van der Waals surface area contributed by atoms with E-state index >= 15 is 0 Å². The predicted octanol–water partition coefficient (Wildman–Crippen LogP) is 2.77. The number of nitrogens with one attached hydrogen (secondary N) is 2. The molecule has 0 spiro atoms. The zero-order chi connectivity index (χ0) is 22.6. The first-order valence-corrected chi connectivity index (χ1v) is 11.2. The van der Waals surface area contributed by atoms with Gasteiger partial charge in [-0.2, -0.15) is 5.26 Å². The van der Waals surface area contributed by atoms with Crippen LogP contribution in [0.2, 0.25) is 9.62 Å². The molecule has 3 heterocycles. The molecule has 0 unspecified atom stereocenters. The Morgan fingerprint density at radius 3 is 2.81 bits per heavy atom. The summed E-state index contributed by atoms with van der Waals surface area (Å²) < 4.78 is 0.434. The Morgan fingerprint density at radius 2 is 2.23 bits per heavy atom. The molecule has 0 bridgehead atoms. The number of thioether (sulfide) groups is 1. The molecule has 1 saturated heterocycles. The largest absolute Gasteiger partial charge is 0.354 e. The van der Waals surface area contributed by atoms with Crippen LogP contribution >= 0.6 is 46.3 Å². The fourth-order valence-electron chi connectivity index (χ4n) is 2.24. The second kappa shape index (κ2) is 12.9. The number of thiazole rings is 1. The van der Waals surface area contributed by atoms with Crippen molar-refractivity contribution in [2.45, 2.75) is 13.1 Å². The number of guanidine groups is 1. The van der Waals surface area contributed by atoms with Crippen LogP contribution in [0.4, 0.5) is 0 Å². The standard InChI is InChI=1S/C10H9ClN4S.C6H8ClN5O2S/c11-9-2-1-8(5-13-9)6-15-3-4-16-10(15)14-7-12;1-8-6(11-12(13)14)10-3-4-2-9-5(7)15-4/h1-2,5H,3-4,6H2;2H,3H2,1H3,(H2,8,10,11)/b14-10-;. The number of aliphatic imine (C=N–C) groups is 1. The van der Waals surface area contributed by atoms with E-state index in [4.69, 9.17) is 28.5 Å². The lowest BCUT2D eigenvalue weighted by molar-refractivity contribution is -0.485. The van der Waals surface area contributed by atoms with Gasteiger partial charge in [0.1, 0.15) is 10.3 Å². The molecular weight excluding hydrogens is 485 g/mol. The Morgan fingerprint density at radius 1 is 1.42 bits per heavy atom. The number of aromatic nitrogens is 2. The average molecular weight is 502 g/mol. The van der Waals surface area contributed by atoms with Crippen molar-refractivity contribution in [2.24, 2.45) is 10.1 Å². The molecule has 15 heteroatoms. The Hall–Kier alpha value is -2.66. The lowest BCUT2D eigenvalue weighted by atomic mass is 10.3. The monoisotopic (exact) mass is 501 g/mol. The number of hydrazone groups is 1. The molecule has 3 rings (SSSR count). The highest BCUT2D eigenvalue weighted by molar-refractivity contribution is 8.14. The fraction of sp³-hybridized carbons (Fsp3) is 0.312. The molecular formula is C16H17Cl2N9O2S2. The maximum Gasteiger partial charge on any atom is 0.268 e. The van der Waals surface area contributed by atoms with E-state index < -0.39 is 5.03 Å². The first kappa shape index (κ1) is 24.6. The van der Waals surface area contributed by atoms with Gasteiger partial charge in [0.25, 0.3) is 5.96 Å². The van der Waals surface area contributed by atoms with Crippen LogP contribution in [0.25, 0.3) is 0 Å². The summed E-state index contributed by atoms with van der Waals surface area (Å²) in [5.41, 5.74) is 1.07. The molecule has 0 radical (unpaired) electrons. The minimum Gasteiger partial charge on any atom is -0.354 e. The van der Waals surface area contributed by atoms with Crippen molar-refractivity contribution >= 4 is 57.4 Å². The summed E-state index contributed by atoms with van der Waals surface area (Å²) in [5, 5.41) is 27.5. The van der Waals surface area contributed by atoms with Crippen molar-refractivity contribution in [3.8, 4) is 6.19 Å². The number of halogens is 2. The highest BCUT2D eigenvalue weighted by Crippen LogP contribution is 2.20. The van der Waals surface area contributed by atoms with Crippen LogP contribution in [-0.4, -0.2) is 50.4 Å². The van der Waals surface area contributed by atoms with Gasteiger partial charge in [0, 0.05) is 43.2 Å². The molecule has 0 amide bonds. The lowest BCUT2D eigenvalue weighted by Gasteiger charge is -2.16. The molecule has 1 fully saturated rings. The van der Waals surface area contributed by atoms with E-state index in [1.165, 1.54) is 18.4 Å². The average Bonchev–Trinajstić information content (AvgIpc) is 3.36. The van der Waals surface area contributed by atoms with Crippen LogP contribution in [0.3, 0.4) is 0 Å².